The SMILES string of the molecule is CCOc1ccc(-n2c(Sc3nc(-c4cccnc4)nc4sc5c(c34)CCCC5)nnc2-c2c[nH]c3ccccc23)cc1. The molecule has 0 atom stereocenters. The molecule has 0 saturated carbocycles. The quantitative estimate of drug-likeness (QED) is 0.186. The highest BCUT2D eigenvalue weighted by molar-refractivity contribution is 7.99. The molecule has 1 N–H and O–H groups in total. The van der Waals surface area contributed by atoms with Gasteiger partial charge in [0.15, 0.2) is 11.6 Å². The van der Waals surface area contributed by atoms with Gasteiger partial charge in [0.2, 0.25) is 5.16 Å². The van der Waals surface area contributed by atoms with Gasteiger partial charge in [-0.25, -0.2) is 9.97 Å². The van der Waals surface area contributed by atoms with Crippen LogP contribution in [0.3, 0.4) is 0 Å². The monoisotopic (exact) mass is 601 g/mol. The van der Waals surface area contributed by atoms with Gasteiger partial charge in [-0.15, -0.1) is 21.5 Å². The van der Waals surface area contributed by atoms with Crippen LogP contribution in [0.15, 0.2) is 89.4 Å². The van der Waals surface area contributed by atoms with E-state index in [2.05, 4.69) is 38.8 Å². The fourth-order valence-corrected chi connectivity index (χ4v) is 8.08. The average Bonchev–Trinajstić information content (AvgIpc) is 3.77. The van der Waals surface area contributed by atoms with E-state index < -0.39 is 0 Å². The number of para-hydroxylation sites is 1. The number of hydrogen-bond acceptors (Lipinski definition) is 8. The molecule has 8 nitrogen and oxygen atoms in total. The van der Waals surface area contributed by atoms with Gasteiger partial charge < -0.3 is 9.72 Å². The molecule has 0 saturated heterocycles. The summed E-state index contributed by atoms with van der Waals surface area (Å²) >= 11 is 3.34. The normalized spacial score (nSPS) is 13.0. The van der Waals surface area contributed by atoms with Crippen LogP contribution >= 0.6 is 23.1 Å². The molecule has 43 heavy (non-hydrogen) atoms. The number of H-pyrrole nitrogens is 1. The lowest BCUT2D eigenvalue weighted by Gasteiger charge is -2.13. The summed E-state index contributed by atoms with van der Waals surface area (Å²) in [6.45, 7) is 2.60. The highest BCUT2D eigenvalue weighted by Gasteiger charge is 2.25. The number of aromatic amines is 1. The van der Waals surface area contributed by atoms with Gasteiger partial charge in [0.1, 0.15) is 15.6 Å². The van der Waals surface area contributed by atoms with Crippen LogP contribution in [0.2, 0.25) is 0 Å². The van der Waals surface area contributed by atoms with Crippen LogP contribution in [-0.2, 0) is 12.8 Å². The molecule has 0 amide bonds. The maximum absolute atomic E-state index is 5.74. The molecule has 0 fully saturated rings. The molecule has 1 aliphatic rings. The number of benzene rings is 2. The van der Waals surface area contributed by atoms with Crippen molar-refractivity contribution in [3.05, 3.63) is 89.7 Å². The molecule has 8 rings (SSSR count). The zero-order valence-electron chi connectivity index (χ0n) is 23.4. The summed E-state index contributed by atoms with van der Waals surface area (Å²) in [5.74, 6) is 2.26. The summed E-state index contributed by atoms with van der Waals surface area (Å²) in [5, 5.41) is 13.4. The van der Waals surface area contributed by atoms with Crippen LogP contribution < -0.4 is 4.74 Å². The molecule has 10 heteroatoms. The van der Waals surface area contributed by atoms with Gasteiger partial charge in [-0.05, 0) is 92.4 Å². The van der Waals surface area contributed by atoms with E-state index in [4.69, 9.17) is 24.9 Å². The summed E-state index contributed by atoms with van der Waals surface area (Å²) in [7, 11) is 0. The number of rotatable bonds is 7. The van der Waals surface area contributed by atoms with Gasteiger partial charge in [-0.1, -0.05) is 18.2 Å². The third-order valence-corrected chi connectivity index (χ3v) is 9.88. The van der Waals surface area contributed by atoms with E-state index in [1.54, 1.807) is 29.3 Å². The minimum absolute atomic E-state index is 0.613. The van der Waals surface area contributed by atoms with E-state index in [1.165, 1.54) is 23.3 Å². The number of hydrogen-bond donors (Lipinski definition) is 1. The Balaban J connectivity index is 1.32. The number of thiophene rings is 1. The van der Waals surface area contributed by atoms with Crippen LogP contribution in [-0.4, -0.2) is 41.3 Å². The number of nitrogens with zero attached hydrogens (tertiary/aromatic N) is 6. The molecule has 5 aromatic heterocycles. The lowest BCUT2D eigenvalue weighted by Crippen LogP contribution is -2.02. The second-order valence-corrected chi connectivity index (χ2v) is 12.4. The van der Waals surface area contributed by atoms with Gasteiger partial charge in [0.05, 0.1) is 12.3 Å². The molecule has 0 radical (unpaired) electrons. The molecule has 0 unspecified atom stereocenters. The van der Waals surface area contributed by atoms with Gasteiger partial charge in [-0.3, -0.25) is 9.55 Å². The summed E-state index contributed by atoms with van der Waals surface area (Å²) in [4.78, 5) is 20.4. The number of pyridine rings is 1. The van der Waals surface area contributed by atoms with Crippen molar-refractivity contribution in [3.63, 3.8) is 0 Å². The zero-order chi connectivity index (χ0) is 28.8. The van der Waals surface area contributed by atoms with E-state index in [0.29, 0.717) is 12.4 Å². The first-order chi connectivity index (χ1) is 21.3. The summed E-state index contributed by atoms with van der Waals surface area (Å²) < 4.78 is 7.86. The summed E-state index contributed by atoms with van der Waals surface area (Å²) in [5.41, 5.74) is 5.26. The van der Waals surface area contributed by atoms with Crippen LogP contribution in [0.25, 0.3) is 49.6 Å². The van der Waals surface area contributed by atoms with Crippen LogP contribution in [0.5, 0.6) is 5.75 Å². The first-order valence-corrected chi connectivity index (χ1v) is 16.1. The number of fused-ring (bicyclic) bond motifs is 4. The maximum Gasteiger partial charge on any atom is 0.202 e. The lowest BCUT2D eigenvalue weighted by atomic mass is 9.97. The van der Waals surface area contributed by atoms with Crippen molar-refractivity contribution in [1.29, 1.82) is 0 Å². The minimum atomic E-state index is 0.613. The maximum atomic E-state index is 5.74. The summed E-state index contributed by atoms with van der Waals surface area (Å²) in [6, 6.07) is 20.3. The van der Waals surface area contributed by atoms with Gasteiger partial charge in [0.25, 0.3) is 0 Å². The second-order valence-electron chi connectivity index (χ2n) is 10.4. The van der Waals surface area contributed by atoms with Crippen molar-refractivity contribution in [3.8, 4) is 34.2 Å². The molecule has 0 bridgehead atoms. The molecular weight excluding hydrogens is 575 g/mol. The van der Waals surface area contributed by atoms with E-state index in [0.717, 1.165) is 72.5 Å². The molecule has 0 aliphatic heterocycles. The molecule has 7 aromatic rings. The van der Waals surface area contributed by atoms with Gasteiger partial charge >= 0.3 is 0 Å². The fraction of sp³-hybridized carbons (Fsp3) is 0.182. The molecule has 0 spiro atoms. The second kappa shape index (κ2) is 10.9. The predicted octanol–water partition coefficient (Wildman–Crippen LogP) is 7.91. The van der Waals surface area contributed by atoms with Crippen LogP contribution in [0.4, 0.5) is 0 Å². The van der Waals surface area contributed by atoms with E-state index in [9.17, 15) is 0 Å². The third-order valence-electron chi connectivity index (χ3n) is 7.76. The number of ether oxygens (including phenoxy) is 1. The highest BCUT2D eigenvalue weighted by atomic mass is 32.2. The minimum Gasteiger partial charge on any atom is -0.494 e. The van der Waals surface area contributed by atoms with Crippen LogP contribution in [0.1, 0.15) is 30.2 Å². The zero-order valence-corrected chi connectivity index (χ0v) is 25.1. The summed E-state index contributed by atoms with van der Waals surface area (Å²) in [6.07, 6.45) is 10.1. The molecule has 2 aromatic carbocycles. The van der Waals surface area contributed by atoms with E-state index in [-0.39, 0.29) is 0 Å². The van der Waals surface area contributed by atoms with Crippen molar-refractivity contribution in [1.82, 2.24) is 34.7 Å². The Hall–Kier alpha value is -4.54. The Bertz CT molecular complexity index is 2080. The average molecular weight is 602 g/mol. The molecule has 1 aliphatic carbocycles. The molecule has 212 valence electrons. The predicted molar refractivity (Wildman–Crippen MR) is 171 cm³/mol. The third kappa shape index (κ3) is 4.67. The van der Waals surface area contributed by atoms with E-state index in [1.807, 2.05) is 55.7 Å². The largest absolute Gasteiger partial charge is 0.494 e. The van der Waals surface area contributed by atoms with Crippen LogP contribution in [0, 0.1) is 0 Å². The van der Waals surface area contributed by atoms with Gasteiger partial charge in [0, 0.05) is 50.9 Å². The van der Waals surface area contributed by atoms with Crippen molar-refractivity contribution in [2.24, 2.45) is 0 Å². The fourth-order valence-electron chi connectivity index (χ4n) is 5.77. The van der Waals surface area contributed by atoms with Gasteiger partial charge in [-0.2, -0.15) is 0 Å². The van der Waals surface area contributed by atoms with Crippen molar-refractivity contribution in [2.75, 3.05) is 6.61 Å². The first kappa shape index (κ1) is 26.1. The Labute approximate surface area is 256 Å². The smallest absolute Gasteiger partial charge is 0.202 e. The Morgan fingerprint density at radius 1 is 0.977 bits per heavy atom. The molecular formula is C33H27N7OS2. The van der Waals surface area contributed by atoms with Crippen molar-refractivity contribution < 1.29 is 4.74 Å². The van der Waals surface area contributed by atoms with Crippen molar-refractivity contribution in [2.45, 2.75) is 42.8 Å². The number of aromatic nitrogens is 7. The Kier molecular flexibility index (Phi) is 6.65. The number of aryl methyl sites for hydroxylation is 2. The highest BCUT2D eigenvalue weighted by Crippen LogP contribution is 2.43. The Morgan fingerprint density at radius 3 is 2.72 bits per heavy atom. The Morgan fingerprint density at radius 2 is 1.86 bits per heavy atom. The van der Waals surface area contributed by atoms with Crippen molar-refractivity contribution >= 4 is 44.2 Å². The van der Waals surface area contributed by atoms with E-state index >= 15 is 0 Å². The number of nitrogens with one attached hydrogen (secondary N) is 1. The molecule has 5 heterocycles. The topological polar surface area (TPSA) is 94.4 Å². The first-order valence-electron chi connectivity index (χ1n) is 14.4. The standard InChI is InChI=1S/C33H27N7OS2/c1-2-41-22-15-13-21(14-16-22)40-30(25-19-35-26-11-5-3-9-23(25)26)38-39-33(40)43-32-28-24-10-4-6-12-27(24)42-31(28)36-29(37-32)20-8-7-17-34-18-20/h3,5,7-9,11,13-19,35H,2,4,6,10,12H2,1H3. The lowest BCUT2D eigenvalue weighted by molar-refractivity contribution is 0.340.